The SMILES string of the molecule is COc1ccc(N2CC3CN(C(=O)OC(C)(C)C)CC3C2)cc1. The standard InChI is InChI=1S/C18H26N2O3/c1-18(2,3)23-17(21)20-11-13-9-19(10-14(13)12-20)15-5-7-16(22-4)8-6-15/h5-8,13-14H,9-12H2,1-4H3. The zero-order chi connectivity index (χ0) is 16.6. The molecule has 0 aromatic heterocycles. The molecule has 0 saturated carbocycles. The van der Waals surface area contributed by atoms with E-state index in [0.29, 0.717) is 11.8 Å². The molecule has 2 aliphatic heterocycles. The third-order valence-corrected chi connectivity index (χ3v) is 4.58. The summed E-state index contributed by atoms with van der Waals surface area (Å²) in [5.41, 5.74) is 0.799. The van der Waals surface area contributed by atoms with Gasteiger partial charge in [0.15, 0.2) is 0 Å². The van der Waals surface area contributed by atoms with E-state index < -0.39 is 5.60 Å². The topological polar surface area (TPSA) is 42.0 Å². The molecule has 5 nitrogen and oxygen atoms in total. The van der Waals surface area contributed by atoms with Gasteiger partial charge in [-0.15, -0.1) is 0 Å². The first-order valence-electron chi connectivity index (χ1n) is 8.22. The van der Waals surface area contributed by atoms with Gasteiger partial charge in [-0.3, -0.25) is 0 Å². The molecule has 1 aromatic rings. The summed E-state index contributed by atoms with van der Waals surface area (Å²) in [6.07, 6.45) is -0.178. The van der Waals surface area contributed by atoms with Crippen molar-refractivity contribution in [1.82, 2.24) is 4.90 Å². The summed E-state index contributed by atoms with van der Waals surface area (Å²) in [6.45, 7) is 9.32. The first-order chi connectivity index (χ1) is 10.9. The van der Waals surface area contributed by atoms with Crippen LogP contribution >= 0.6 is 0 Å². The lowest BCUT2D eigenvalue weighted by Crippen LogP contribution is -2.37. The molecule has 1 amide bonds. The first kappa shape index (κ1) is 16.0. The number of fused-ring (bicyclic) bond motifs is 1. The van der Waals surface area contributed by atoms with E-state index in [2.05, 4.69) is 17.0 Å². The van der Waals surface area contributed by atoms with Crippen molar-refractivity contribution < 1.29 is 14.3 Å². The van der Waals surface area contributed by atoms with Gasteiger partial charge in [-0.25, -0.2) is 4.79 Å². The molecule has 0 aliphatic carbocycles. The van der Waals surface area contributed by atoms with Crippen LogP contribution in [0.2, 0.25) is 0 Å². The fourth-order valence-electron chi connectivity index (χ4n) is 3.47. The highest BCUT2D eigenvalue weighted by atomic mass is 16.6. The molecule has 2 aliphatic rings. The Morgan fingerprint density at radius 2 is 1.61 bits per heavy atom. The molecule has 2 fully saturated rings. The molecule has 0 N–H and O–H groups in total. The Morgan fingerprint density at radius 1 is 1.04 bits per heavy atom. The average molecular weight is 318 g/mol. The van der Waals surface area contributed by atoms with E-state index in [1.54, 1.807) is 7.11 Å². The average Bonchev–Trinajstić information content (AvgIpc) is 3.04. The second-order valence-corrected chi connectivity index (χ2v) is 7.51. The highest BCUT2D eigenvalue weighted by Crippen LogP contribution is 2.35. The van der Waals surface area contributed by atoms with Crippen LogP contribution < -0.4 is 9.64 Å². The summed E-state index contributed by atoms with van der Waals surface area (Å²) in [4.78, 5) is 16.5. The van der Waals surface area contributed by atoms with Gasteiger partial charge in [0.25, 0.3) is 0 Å². The van der Waals surface area contributed by atoms with Crippen molar-refractivity contribution in [3.8, 4) is 5.75 Å². The van der Waals surface area contributed by atoms with Crippen molar-refractivity contribution >= 4 is 11.8 Å². The van der Waals surface area contributed by atoms with Gasteiger partial charge in [-0.1, -0.05) is 0 Å². The number of nitrogens with zero attached hydrogens (tertiary/aromatic N) is 2. The van der Waals surface area contributed by atoms with Gasteiger partial charge >= 0.3 is 6.09 Å². The number of hydrogen-bond acceptors (Lipinski definition) is 4. The van der Waals surface area contributed by atoms with E-state index >= 15 is 0 Å². The van der Waals surface area contributed by atoms with E-state index in [4.69, 9.17) is 9.47 Å². The Hall–Kier alpha value is -1.91. The van der Waals surface area contributed by atoms with E-state index in [1.807, 2.05) is 37.8 Å². The third-order valence-electron chi connectivity index (χ3n) is 4.58. The van der Waals surface area contributed by atoms with Crippen LogP contribution in [0.4, 0.5) is 10.5 Å². The highest BCUT2D eigenvalue weighted by molar-refractivity contribution is 5.68. The van der Waals surface area contributed by atoms with Crippen molar-refractivity contribution in [2.75, 3.05) is 38.2 Å². The summed E-state index contributed by atoms with van der Waals surface area (Å²) in [5, 5.41) is 0. The van der Waals surface area contributed by atoms with Crippen LogP contribution in [0.25, 0.3) is 0 Å². The number of hydrogen-bond donors (Lipinski definition) is 0. The van der Waals surface area contributed by atoms with Crippen molar-refractivity contribution in [3.63, 3.8) is 0 Å². The molecule has 2 saturated heterocycles. The Balaban J connectivity index is 1.57. The fourth-order valence-corrected chi connectivity index (χ4v) is 3.47. The number of amides is 1. The summed E-state index contributed by atoms with van der Waals surface area (Å²) >= 11 is 0. The monoisotopic (exact) mass is 318 g/mol. The van der Waals surface area contributed by atoms with Crippen LogP contribution in [0.1, 0.15) is 20.8 Å². The second kappa shape index (κ2) is 5.95. The number of likely N-dealkylation sites (tertiary alicyclic amines) is 1. The van der Waals surface area contributed by atoms with Crippen LogP contribution in [-0.4, -0.2) is 49.9 Å². The maximum absolute atomic E-state index is 12.2. The van der Waals surface area contributed by atoms with Gasteiger partial charge in [0.1, 0.15) is 11.4 Å². The van der Waals surface area contributed by atoms with Gasteiger partial charge in [0, 0.05) is 43.7 Å². The molecule has 0 bridgehead atoms. The molecule has 2 atom stereocenters. The Morgan fingerprint density at radius 3 is 2.09 bits per heavy atom. The zero-order valence-electron chi connectivity index (χ0n) is 14.4. The number of methoxy groups -OCH3 is 1. The minimum absolute atomic E-state index is 0.178. The number of ether oxygens (including phenoxy) is 2. The molecule has 23 heavy (non-hydrogen) atoms. The quantitative estimate of drug-likeness (QED) is 0.841. The molecular weight excluding hydrogens is 292 g/mol. The largest absolute Gasteiger partial charge is 0.497 e. The summed E-state index contributed by atoms with van der Waals surface area (Å²) < 4.78 is 10.7. The molecule has 2 unspecified atom stereocenters. The van der Waals surface area contributed by atoms with Crippen LogP contribution in [0.5, 0.6) is 5.75 Å². The molecule has 1 aromatic carbocycles. The lowest BCUT2D eigenvalue weighted by Gasteiger charge is -2.26. The van der Waals surface area contributed by atoms with Crippen molar-refractivity contribution in [2.45, 2.75) is 26.4 Å². The van der Waals surface area contributed by atoms with E-state index in [1.165, 1.54) is 5.69 Å². The molecule has 0 radical (unpaired) electrons. The smallest absolute Gasteiger partial charge is 0.410 e. The molecular formula is C18H26N2O3. The van der Waals surface area contributed by atoms with Gasteiger partial charge in [-0.05, 0) is 45.0 Å². The third kappa shape index (κ3) is 3.54. The predicted molar refractivity (Wildman–Crippen MR) is 90.0 cm³/mol. The number of carbonyl (C=O) groups is 1. The second-order valence-electron chi connectivity index (χ2n) is 7.51. The molecule has 3 rings (SSSR count). The first-order valence-corrected chi connectivity index (χ1v) is 8.22. The minimum atomic E-state index is -0.427. The number of benzene rings is 1. The maximum Gasteiger partial charge on any atom is 0.410 e. The van der Waals surface area contributed by atoms with Crippen LogP contribution in [0.15, 0.2) is 24.3 Å². The lowest BCUT2D eigenvalue weighted by molar-refractivity contribution is 0.0282. The lowest BCUT2D eigenvalue weighted by atomic mass is 10.0. The maximum atomic E-state index is 12.2. The van der Waals surface area contributed by atoms with Crippen LogP contribution in [0.3, 0.4) is 0 Å². The van der Waals surface area contributed by atoms with Gasteiger partial charge in [-0.2, -0.15) is 0 Å². The normalized spacial score (nSPS) is 23.8. The van der Waals surface area contributed by atoms with Crippen LogP contribution in [-0.2, 0) is 4.74 Å². The predicted octanol–water partition coefficient (Wildman–Crippen LogP) is 3.00. The molecule has 5 heteroatoms. The van der Waals surface area contributed by atoms with Crippen LogP contribution in [0, 0.1) is 11.8 Å². The number of carbonyl (C=O) groups excluding carboxylic acids is 1. The van der Waals surface area contributed by atoms with E-state index in [-0.39, 0.29) is 6.09 Å². The van der Waals surface area contributed by atoms with Crippen molar-refractivity contribution in [1.29, 1.82) is 0 Å². The number of anilines is 1. The Bertz CT molecular complexity index is 551. The zero-order valence-corrected chi connectivity index (χ0v) is 14.4. The van der Waals surface area contributed by atoms with Gasteiger partial charge in [0.2, 0.25) is 0 Å². The minimum Gasteiger partial charge on any atom is -0.497 e. The van der Waals surface area contributed by atoms with E-state index in [0.717, 1.165) is 31.9 Å². The summed E-state index contributed by atoms with van der Waals surface area (Å²) in [6, 6.07) is 8.20. The number of rotatable bonds is 2. The summed E-state index contributed by atoms with van der Waals surface area (Å²) in [5.74, 6) is 1.94. The van der Waals surface area contributed by atoms with Crippen molar-refractivity contribution in [3.05, 3.63) is 24.3 Å². The van der Waals surface area contributed by atoms with Gasteiger partial charge < -0.3 is 19.3 Å². The molecule has 126 valence electrons. The highest BCUT2D eigenvalue weighted by Gasteiger charge is 2.42. The Kier molecular flexibility index (Phi) is 4.13. The molecule has 0 spiro atoms. The fraction of sp³-hybridized carbons (Fsp3) is 0.611. The molecule has 2 heterocycles. The summed E-state index contributed by atoms with van der Waals surface area (Å²) in [7, 11) is 1.68. The van der Waals surface area contributed by atoms with E-state index in [9.17, 15) is 4.79 Å². The van der Waals surface area contributed by atoms with Gasteiger partial charge in [0.05, 0.1) is 7.11 Å². The Labute approximate surface area is 138 Å². The van der Waals surface area contributed by atoms with Crippen molar-refractivity contribution in [2.24, 2.45) is 11.8 Å².